The second-order valence-corrected chi connectivity index (χ2v) is 4.94. The predicted molar refractivity (Wildman–Crippen MR) is 88.3 cm³/mol. The minimum Gasteiger partial charge on any atom is -0.450 e. The van der Waals surface area contributed by atoms with E-state index in [4.69, 9.17) is 4.42 Å². The van der Waals surface area contributed by atoms with E-state index >= 15 is 0 Å². The smallest absolute Gasteiger partial charge is 0.196 e. The minimum atomic E-state index is 0.666. The summed E-state index contributed by atoms with van der Waals surface area (Å²) in [5.41, 5.74) is 2.30. The van der Waals surface area contributed by atoms with Crippen LogP contribution in [0.15, 0.2) is 53.6 Å². The van der Waals surface area contributed by atoms with Crippen LogP contribution in [0.1, 0.15) is 0 Å². The Bertz CT molecular complexity index is 937. The van der Waals surface area contributed by atoms with Crippen molar-refractivity contribution in [1.29, 1.82) is 0 Å². The molecule has 0 aliphatic heterocycles. The van der Waals surface area contributed by atoms with Crippen molar-refractivity contribution in [1.82, 2.24) is 19.9 Å². The van der Waals surface area contributed by atoms with E-state index in [1.165, 1.54) is 0 Å². The summed E-state index contributed by atoms with van der Waals surface area (Å²) in [5, 5.41) is 7.43. The average molecular weight is 306 g/mol. The van der Waals surface area contributed by atoms with Gasteiger partial charge in [-0.05, 0) is 12.1 Å². The number of nitrogens with zero attached hydrogens (tertiary/aromatic N) is 4. The van der Waals surface area contributed by atoms with Crippen molar-refractivity contribution >= 4 is 33.7 Å². The maximum atomic E-state index is 5.87. The van der Waals surface area contributed by atoms with E-state index in [2.05, 4.69) is 30.6 Å². The Morgan fingerprint density at radius 1 is 0.957 bits per heavy atom. The van der Waals surface area contributed by atoms with Crippen molar-refractivity contribution in [3.05, 3.63) is 49.2 Å². The molecule has 23 heavy (non-hydrogen) atoms. The molecule has 0 aliphatic rings. The van der Waals surface area contributed by atoms with Crippen LogP contribution < -0.4 is 10.6 Å². The molecule has 114 valence electrons. The molecule has 0 unspecified atom stereocenters. The van der Waals surface area contributed by atoms with Crippen LogP contribution >= 0.6 is 0 Å². The van der Waals surface area contributed by atoms with Crippen LogP contribution in [0.4, 0.5) is 11.6 Å². The van der Waals surface area contributed by atoms with Crippen molar-refractivity contribution in [2.45, 2.75) is 0 Å². The molecule has 2 N–H and O–H groups in total. The Morgan fingerprint density at radius 3 is 2.78 bits per heavy atom. The Balaban J connectivity index is 1.50. The first-order valence-corrected chi connectivity index (χ1v) is 7.28. The van der Waals surface area contributed by atoms with Gasteiger partial charge in [0.1, 0.15) is 23.2 Å². The number of hydrogen-bond donors (Lipinski definition) is 2. The summed E-state index contributed by atoms with van der Waals surface area (Å²) in [4.78, 5) is 16.8. The molecule has 0 amide bonds. The number of nitrogens with one attached hydrogen (secondary N) is 2. The molecule has 1 aromatic carbocycles. The van der Waals surface area contributed by atoms with E-state index in [1.54, 1.807) is 24.9 Å². The van der Waals surface area contributed by atoms with Crippen molar-refractivity contribution in [2.75, 3.05) is 23.7 Å². The van der Waals surface area contributed by atoms with Gasteiger partial charge in [0.2, 0.25) is 0 Å². The third-order valence-corrected chi connectivity index (χ3v) is 3.44. The Hall–Kier alpha value is -3.22. The molecule has 0 spiro atoms. The summed E-state index contributed by atoms with van der Waals surface area (Å²) in [6.07, 6.45) is 6.52. The molecule has 0 saturated heterocycles. The summed E-state index contributed by atoms with van der Waals surface area (Å²) in [6, 6.07) is 7.83. The van der Waals surface area contributed by atoms with Gasteiger partial charge in [-0.1, -0.05) is 12.1 Å². The van der Waals surface area contributed by atoms with Gasteiger partial charge in [-0.15, -0.1) is 0 Å². The molecular formula is C16H14N6O. The van der Waals surface area contributed by atoms with E-state index in [0.29, 0.717) is 24.5 Å². The normalized spacial score (nSPS) is 11.0. The van der Waals surface area contributed by atoms with E-state index in [0.717, 1.165) is 22.3 Å². The molecule has 7 nitrogen and oxygen atoms in total. The van der Waals surface area contributed by atoms with Crippen LogP contribution in [0.2, 0.25) is 0 Å². The fourth-order valence-corrected chi connectivity index (χ4v) is 2.41. The van der Waals surface area contributed by atoms with Crippen LogP contribution in [-0.2, 0) is 0 Å². The Kier molecular flexibility index (Phi) is 3.44. The molecule has 0 radical (unpaired) electrons. The summed E-state index contributed by atoms with van der Waals surface area (Å²) >= 11 is 0. The number of benzene rings is 1. The van der Waals surface area contributed by atoms with E-state index < -0.39 is 0 Å². The third-order valence-electron chi connectivity index (χ3n) is 3.44. The van der Waals surface area contributed by atoms with Crippen LogP contribution in [0.25, 0.3) is 22.1 Å². The monoisotopic (exact) mass is 306 g/mol. The Labute approximate surface area is 131 Å². The maximum Gasteiger partial charge on any atom is 0.196 e. The molecule has 0 bridgehead atoms. The highest BCUT2D eigenvalue weighted by atomic mass is 16.3. The molecule has 3 aromatic heterocycles. The fraction of sp³-hybridized carbons (Fsp3) is 0.125. The highest BCUT2D eigenvalue weighted by Crippen LogP contribution is 2.29. The Morgan fingerprint density at radius 2 is 1.87 bits per heavy atom. The van der Waals surface area contributed by atoms with Gasteiger partial charge in [-0.3, -0.25) is 4.98 Å². The van der Waals surface area contributed by atoms with Gasteiger partial charge >= 0.3 is 0 Å². The average Bonchev–Trinajstić information content (AvgIpc) is 2.99. The van der Waals surface area contributed by atoms with Crippen molar-refractivity contribution < 1.29 is 4.42 Å². The zero-order chi connectivity index (χ0) is 15.5. The predicted octanol–water partition coefficient (Wildman–Crippen LogP) is 2.69. The van der Waals surface area contributed by atoms with Crippen molar-refractivity contribution in [2.24, 2.45) is 0 Å². The molecule has 7 heteroatoms. The lowest BCUT2D eigenvalue weighted by atomic mass is 10.2. The summed E-state index contributed by atoms with van der Waals surface area (Å²) in [5.74, 6) is 1.43. The number of furan rings is 1. The molecule has 3 heterocycles. The second kappa shape index (κ2) is 5.88. The number of fused-ring (bicyclic) bond motifs is 3. The number of aromatic nitrogens is 4. The molecule has 4 rings (SSSR count). The number of hydrogen-bond acceptors (Lipinski definition) is 7. The molecule has 0 atom stereocenters. The van der Waals surface area contributed by atoms with Crippen LogP contribution in [0.3, 0.4) is 0 Å². The molecule has 0 saturated carbocycles. The minimum absolute atomic E-state index is 0.666. The summed E-state index contributed by atoms with van der Waals surface area (Å²) in [6.45, 7) is 1.35. The highest BCUT2D eigenvalue weighted by molar-refractivity contribution is 6.05. The van der Waals surface area contributed by atoms with E-state index in [-0.39, 0.29) is 0 Å². The molecule has 0 aliphatic carbocycles. The zero-order valence-electron chi connectivity index (χ0n) is 12.2. The summed E-state index contributed by atoms with van der Waals surface area (Å²) < 4.78 is 5.87. The van der Waals surface area contributed by atoms with Gasteiger partial charge in [0, 0.05) is 30.9 Å². The van der Waals surface area contributed by atoms with Crippen molar-refractivity contribution in [3.8, 4) is 0 Å². The fourth-order valence-electron chi connectivity index (χ4n) is 2.41. The molecule has 4 aromatic rings. The largest absolute Gasteiger partial charge is 0.450 e. The first kappa shape index (κ1) is 13.4. The first-order chi connectivity index (χ1) is 11.4. The van der Waals surface area contributed by atoms with Gasteiger partial charge in [0.15, 0.2) is 11.4 Å². The van der Waals surface area contributed by atoms with Crippen molar-refractivity contribution in [3.63, 3.8) is 0 Å². The van der Waals surface area contributed by atoms with Crippen LogP contribution in [0, 0.1) is 0 Å². The highest BCUT2D eigenvalue weighted by Gasteiger charge is 2.12. The van der Waals surface area contributed by atoms with Crippen LogP contribution in [-0.4, -0.2) is 33.0 Å². The standard InChI is InChI=1S/C16H14N6O/c1-2-4-12-11(3-1)14-15(23-12)16(22-10-21-14)20-8-7-19-13-9-17-5-6-18-13/h1-6,9-10H,7-8H2,(H,18,19)(H,20,21,22). The second-order valence-electron chi connectivity index (χ2n) is 4.94. The summed E-state index contributed by atoms with van der Waals surface area (Å²) in [7, 11) is 0. The first-order valence-electron chi connectivity index (χ1n) is 7.28. The number of para-hydroxylation sites is 1. The van der Waals surface area contributed by atoms with Gasteiger partial charge in [-0.2, -0.15) is 0 Å². The van der Waals surface area contributed by atoms with Gasteiger partial charge in [-0.25, -0.2) is 15.0 Å². The SMILES string of the molecule is c1ccc2c(c1)oc1c(NCCNc3cnccn3)ncnc12. The third kappa shape index (κ3) is 2.64. The van der Waals surface area contributed by atoms with Gasteiger partial charge in [0.05, 0.1) is 6.20 Å². The lowest BCUT2D eigenvalue weighted by Crippen LogP contribution is -2.15. The van der Waals surface area contributed by atoms with E-state index in [9.17, 15) is 0 Å². The van der Waals surface area contributed by atoms with E-state index in [1.807, 2.05) is 24.3 Å². The molecular weight excluding hydrogens is 292 g/mol. The maximum absolute atomic E-state index is 5.87. The number of anilines is 2. The van der Waals surface area contributed by atoms with Crippen LogP contribution in [0.5, 0.6) is 0 Å². The molecule has 0 fully saturated rings. The topological polar surface area (TPSA) is 88.8 Å². The quantitative estimate of drug-likeness (QED) is 0.548. The lowest BCUT2D eigenvalue weighted by Gasteiger charge is -2.07. The van der Waals surface area contributed by atoms with Gasteiger partial charge in [0.25, 0.3) is 0 Å². The lowest BCUT2D eigenvalue weighted by molar-refractivity contribution is 0.666. The number of rotatable bonds is 5. The zero-order valence-corrected chi connectivity index (χ0v) is 12.2. The van der Waals surface area contributed by atoms with Gasteiger partial charge < -0.3 is 15.1 Å².